The number of para-hydroxylation sites is 3. The van der Waals surface area contributed by atoms with Gasteiger partial charge in [-0.05, 0) is 115 Å². The molecule has 11 aromatic rings. The van der Waals surface area contributed by atoms with Crippen molar-refractivity contribution in [1.29, 1.82) is 0 Å². The van der Waals surface area contributed by atoms with Gasteiger partial charge in [0, 0.05) is 27.8 Å². The van der Waals surface area contributed by atoms with Crippen LogP contribution < -0.4 is 4.90 Å². The van der Waals surface area contributed by atoms with Crippen LogP contribution in [0.25, 0.3) is 72.0 Å². The Bertz CT molecular complexity index is 3450. The molecule has 2 heteroatoms. The number of hydrogen-bond acceptors (Lipinski definition) is 1. The van der Waals surface area contributed by atoms with Gasteiger partial charge >= 0.3 is 0 Å². The molecule has 0 saturated heterocycles. The highest BCUT2D eigenvalue weighted by Crippen LogP contribution is 2.63. The van der Waals surface area contributed by atoms with Crippen LogP contribution in [0.3, 0.4) is 0 Å². The summed E-state index contributed by atoms with van der Waals surface area (Å²) in [5.41, 5.74) is 21.7. The molecule has 1 spiro atoms. The molecule has 1 atom stereocenters. The summed E-state index contributed by atoms with van der Waals surface area (Å²) in [7, 11) is 0. The second-order valence-electron chi connectivity index (χ2n) is 16.8. The number of fused-ring (bicyclic) bond motifs is 12. The van der Waals surface area contributed by atoms with Crippen LogP contribution in [-0.2, 0) is 5.41 Å². The van der Waals surface area contributed by atoms with Crippen LogP contribution in [0.1, 0.15) is 22.3 Å². The third-order valence-corrected chi connectivity index (χ3v) is 13.6. The molecule has 1 unspecified atom stereocenters. The first kappa shape index (κ1) is 35.5. The molecule has 10 aromatic carbocycles. The minimum absolute atomic E-state index is 0.533. The summed E-state index contributed by atoms with van der Waals surface area (Å²) in [4.78, 5) is 2.37. The maximum absolute atomic E-state index is 2.52. The van der Waals surface area contributed by atoms with Crippen LogP contribution in [-0.4, -0.2) is 4.57 Å². The van der Waals surface area contributed by atoms with Crippen LogP contribution in [0.2, 0.25) is 0 Å². The van der Waals surface area contributed by atoms with Gasteiger partial charge in [0.05, 0.1) is 22.1 Å². The fourth-order valence-electron chi connectivity index (χ4n) is 11.0. The van der Waals surface area contributed by atoms with Crippen LogP contribution in [0.15, 0.2) is 243 Å². The number of rotatable bonds is 6. The molecule has 0 N–H and O–H groups in total. The highest BCUT2D eigenvalue weighted by Gasteiger charge is 2.51. The fraction of sp³-hybridized carbons (Fsp3) is 0.0164. The van der Waals surface area contributed by atoms with Crippen molar-refractivity contribution in [2.24, 2.45) is 0 Å². The van der Waals surface area contributed by atoms with Gasteiger partial charge < -0.3 is 9.47 Å². The number of aromatic nitrogens is 1. The average Bonchev–Trinajstić information content (AvgIpc) is 3.86. The van der Waals surface area contributed by atoms with Gasteiger partial charge in [-0.15, -0.1) is 0 Å². The molecular formula is C61H40N2. The Morgan fingerprint density at radius 1 is 0.302 bits per heavy atom. The lowest BCUT2D eigenvalue weighted by Gasteiger charge is -2.40. The lowest BCUT2D eigenvalue weighted by molar-refractivity contribution is 0.750. The van der Waals surface area contributed by atoms with E-state index >= 15 is 0 Å². The predicted molar refractivity (Wildman–Crippen MR) is 263 cm³/mol. The Labute approximate surface area is 367 Å². The molecule has 294 valence electrons. The lowest BCUT2D eigenvalue weighted by Crippen LogP contribution is -2.34. The summed E-state index contributed by atoms with van der Waals surface area (Å²) in [5.74, 6) is 0. The minimum Gasteiger partial charge on any atom is -0.311 e. The van der Waals surface area contributed by atoms with E-state index in [2.05, 4.69) is 252 Å². The van der Waals surface area contributed by atoms with E-state index < -0.39 is 5.41 Å². The van der Waals surface area contributed by atoms with Crippen LogP contribution in [0.5, 0.6) is 0 Å². The molecule has 0 fully saturated rings. The second-order valence-corrected chi connectivity index (χ2v) is 16.8. The van der Waals surface area contributed by atoms with Gasteiger partial charge in [0.25, 0.3) is 0 Å². The largest absolute Gasteiger partial charge is 0.311 e. The van der Waals surface area contributed by atoms with Gasteiger partial charge in [-0.25, -0.2) is 0 Å². The van der Waals surface area contributed by atoms with E-state index in [0.29, 0.717) is 0 Å². The van der Waals surface area contributed by atoms with Crippen molar-refractivity contribution < 1.29 is 0 Å². The van der Waals surface area contributed by atoms with Crippen molar-refractivity contribution >= 4 is 38.9 Å². The molecule has 1 aliphatic carbocycles. The molecular weight excluding hydrogens is 761 g/mol. The zero-order valence-electron chi connectivity index (χ0n) is 34.5. The zero-order valence-corrected chi connectivity index (χ0v) is 34.5. The van der Waals surface area contributed by atoms with E-state index in [0.717, 1.165) is 17.1 Å². The van der Waals surface area contributed by atoms with Gasteiger partial charge in [0.2, 0.25) is 0 Å². The van der Waals surface area contributed by atoms with Crippen LogP contribution in [0, 0.1) is 0 Å². The topological polar surface area (TPSA) is 8.17 Å². The van der Waals surface area contributed by atoms with Crippen molar-refractivity contribution in [2.75, 3.05) is 4.90 Å². The maximum Gasteiger partial charge on any atom is 0.0760 e. The van der Waals surface area contributed by atoms with Crippen LogP contribution in [0.4, 0.5) is 17.1 Å². The molecule has 2 nitrogen and oxygen atoms in total. The highest BCUT2D eigenvalue weighted by molar-refractivity contribution is 6.13. The van der Waals surface area contributed by atoms with E-state index in [1.54, 1.807) is 0 Å². The lowest BCUT2D eigenvalue weighted by atomic mass is 9.64. The van der Waals surface area contributed by atoms with E-state index in [1.807, 2.05) is 0 Å². The molecule has 2 heterocycles. The first-order valence-corrected chi connectivity index (χ1v) is 21.8. The first-order valence-electron chi connectivity index (χ1n) is 21.8. The molecule has 1 aromatic heterocycles. The third kappa shape index (κ3) is 5.19. The standard InChI is InChI=1S/C61H40N2/c1-3-15-41(16-4-1)43-29-35-46(36-30-43)62(47-37-31-44(32-38-47)42-17-5-2-6-18-42)48-39-33-45(34-40-48)49-21-13-22-52-50-19-7-9-24-54(50)61(59(49)52)55-25-10-12-28-58(55)63-57-27-11-8-20-51(57)53-23-14-26-56(61)60(53)63/h1-40H. The van der Waals surface area contributed by atoms with E-state index in [-0.39, 0.29) is 0 Å². The molecule has 0 bridgehead atoms. The molecule has 13 rings (SSSR count). The Morgan fingerprint density at radius 2 is 0.762 bits per heavy atom. The van der Waals surface area contributed by atoms with Gasteiger partial charge in [-0.2, -0.15) is 0 Å². The number of nitrogens with zero attached hydrogens (tertiary/aromatic N) is 2. The Morgan fingerprint density at radius 3 is 1.43 bits per heavy atom. The van der Waals surface area contributed by atoms with Gasteiger partial charge in [0.15, 0.2) is 0 Å². The second kappa shape index (κ2) is 13.9. The highest BCUT2D eigenvalue weighted by atomic mass is 15.1. The molecule has 0 saturated carbocycles. The SMILES string of the molecule is c1ccc(-c2ccc(N(c3ccc(-c4ccccc4)cc3)c3ccc(-c4cccc5c4C4(c6ccccc6-5)c5ccccc5-n5c6ccccc6c6cccc4c65)cc3)cc2)cc1. The molecule has 2 aliphatic rings. The Balaban J connectivity index is 0.993. The fourth-order valence-corrected chi connectivity index (χ4v) is 11.0. The van der Waals surface area contributed by atoms with E-state index in [9.17, 15) is 0 Å². The molecule has 63 heavy (non-hydrogen) atoms. The van der Waals surface area contributed by atoms with Crippen molar-refractivity contribution in [3.63, 3.8) is 0 Å². The minimum atomic E-state index is -0.533. The number of benzene rings is 10. The summed E-state index contributed by atoms with van der Waals surface area (Å²) in [6.07, 6.45) is 0. The monoisotopic (exact) mass is 800 g/mol. The summed E-state index contributed by atoms with van der Waals surface area (Å²) in [6, 6.07) is 89.4. The summed E-state index contributed by atoms with van der Waals surface area (Å²) >= 11 is 0. The number of anilines is 3. The van der Waals surface area contributed by atoms with Gasteiger partial charge in [-0.3, -0.25) is 0 Å². The molecule has 1 aliphatic heterocycles. The average molecular weight is 801 g/mol. The van der Waals surface area contributed by atoms with Crippen LogP contribution >= 0.6 is 0 Å². The maximum atomic E-state index is 2.52. The summed E-state index contributed by atoms with van der Waals surface area (Å²) < 4.78 is 2.52. The Kier molecular flexibility index (Phi) is 7.85. The quantitative estimate of drug-likeness (QED) is 0.163. The van der Waals surface area contributed by atoms with Crippen molar-refractivity contribution in [2.45, 2.75) is 5.41 Å². The van der Waals surface area contributed by atoms with E-state index in [1.165, 1.54) is 94.3 Å². The van der Waals surface area contributed by atoms with Crippen molar-refractivity contribution in [3.8, 4) is 50.2 Å². The molecule has 0 radical (unpaired) electrons. The normalized spacial score (nSPS) is 14.4. The molecule has 0 amide bonds. The smallest absolute Gasteiger partial charge is 0.0760 e. The van der Waals surface area contributed by atoms with Gasteiger partial charge in [0.1, 0.15) is 0 Å². The number of hydrogen-bond donors (Lipinski definition) is 0. The van der Waals surface area contributed by atoms with Crippen molar-refractivity contribution in [1.82, 2.24) is 4.57 Å². The third-order valence-electron chi connectivity index (χ3n) is 13.6. The first-order chi connectivity index (χ1) is 31.3. The van der Waals surface area contributed by atoms with Crippen molar-refractivity contribution in [3.05, 3.63) is 265 Å². The van der Waals surface area contributed by atoms with Gasteiger partial charge in [-0.1, -0.05) is 194 Å². The Hall–Kier alpha value is -8.20. The van der Waals surface area contributed by atoms with E-state index in [4.69, 9.17) is 0 Å². The summed E-state index contributed by atoms with van der Waals surface area (Å²) in [5, 5.41) is 2.57. The summed E-state index contributed by atoms with van der Waals surface area (Å²) in [6.45, 7) is 0. The predicted octanol–water partition coefficient (Wildman–Crippen LogP) is 15.9. The zero-order chi connectivity index (χ0) is 41.5.